The molecule has 1 aliphatic rings. The van der Waals surface area contributed by atoms with Gasteiger partial charge in [-0.2, -0.15) is 0 Å². The molecular formula is C17H18BrFN2O3. The molecule has 0 saturated heterocycles. The van der Waals surface area contributed by atoms with Crippen molar-refractivity contribution in [1.82, 2.24) is 4.90 Å². The Balaban J connectivity index is 2.21. The Morgan fingerprint density at radius 1 is 1.29 bits per heavy atom. The van der Waals surface area contributed by atoms with Crippen LogP contribution in [0.1, 0.15) is 13.3 Å². The van der Waals surface area contributed by atoms with Crippen molar-refractivity contribution in [1.29, 1.82) is 0 Å². The minimum absolute atomic E-state index is 0.0163. The topological polar surface area (TPSA) is 60.9 Å². The lowest BCUT2D eigenvalue weighted by Gasteiger charge is -2.34. The molecule has 1 aromatic rings. The SMILES string of the molecule is CC(=O)N(CCN(c1ccc(F)cc1)C1C=CC=C(Br)C1)C(=O)O. The van der Waals surface area contributed by atoms with Gasteiger partial charge in [0.25, 0.3) is 0 Å². The minimum atomic E-state index is -1.28. The van der Waals surface area contributed by atoms with Gasteiger partial charge < -0.3 is 10.0 Å². The third-order valence-corrected chi connectivity index (χ3v) is 4.34. The summed E-state index contributed by atoms with van der Waals surface area (Å²) in [7, 11) is 0. The summed E-state index contributed by atoms with van der Waals surface area (Å²) >= 11 is 3.47. The smallest absolute Gasteiger partial charge is 0.414 e. The number of allylic oxidation sites excluding steroid dienone is 2. The Kier molecular flexibility index (Phi) is 6.14. The molecule has 24 heavy (non-hydrogen) atoms. The van der Waals surface area contributed by atoms with Gasteiger partial charge in [-0.15, -0.1) is 0 Å². The number of rotatable bonds is 5. The fraction of sp³-hybridized carbons (Fsp3) is 0.294. The van der Waals surface area contributed by atoms with Gasteiger partial charge in [0, 0.05) is 32.1 Å². The zero-order valence-electron chi connectivity index (χ0n) is 13.2. The molecule has 0 aliphatic heterocycles. The van der Waals surface area contributed by atoms with Crippen molar-refractivity contribution in [2.45, 2.75) is 19.4 Å². The van der Waals surface area contributed by atoms with Crippen LogP contribution in [0.5, 0.6) is 0 Å². The van der Waals surface area contributed by atoms with E-state index < -0.39 is 12.0 Å². The molecule has 1 unspecified atom stereocenters. The summed E-state index contributed by atoms with van der Waals surface area (Å²) in [5.74, 6) is -0.864. The number of carbonyl (C=O) groups excluding carboxylic acids is 1. The highest BCUT2D eigenvalue weighted by Crippen LogP contribution is 2.26. The molecule has 1 N–H and O–H groups in total. The molecule has 0 heterocycles. The zero-order valence-corrected chi connectivity index (χ0v) is 14.7. The van der Waals surface area contributed by atoms with Crippen molar-refractivity contribution in [3.8, 4) is 0 Å². The number of carboxylic acid groups (broad SMARTS) is 1. The van der Waals surface area contributed by atoms with E-state index in [9.17, 15) is 14.0 Å². The van der Waals surface area contributed by atoms with E-state index in [0.29, 0.717) is 13.0 Å². The first-order valence-corrected chi connectivity index (χ1v) is 8.24. The summed E-state index contributed by atoms with van der Waals surface area (Å²) in [4.78, 5) is 25.4. The number of benzene rings is 1. The van der Waals surface area contributed by atoms with Crippen molar-refractivity contribution >= 4 is 33.6 Å². The van der Waals surface area contributed by atoms with Gasteiger partial charge in [-0.05, 0) is 28.7 Å². The van der Waals surface area contributed by atoms with E-state index in [2.05, 4.69) is 15.9 Å². The summed E-state index contributed by atoms with van der Waals surface area (Å²) in [5.41, 5.74) is 0.766. The van der Waals surface area contributed by atoms with Gasteiger partial charge in [0.2, 0.25) is 5.91 Å². The molecule has 1 atom stereocenters. The Bertz CT molecular complexity index is 659. The highest BCUT2D eigenvalue weighted by atomic mass is 79.9. The average molecular weight is 397 g/mol. The number of nitrogens with zero attached hydrogens (tertiary/aromatic N) is 2. The molecule has 2 amide bonds. The predicted molar refractivity (Wildman–Crippen MR) is 93.7 cm³/mol. The molecule has 0 aromatic heterocycles. The lowest BCUT2D eigenvalue weighted by Crippen LogP contribution is -2.44. The number of anilines is 1. The lowest BCUT2D eigenvalue weighted by atomic mass is 10.1. The van der Waals surface area contributed by atoms with Gasteiger partial charge in [0.05, 0.1) is 6.04 Å². The molecule has 5 nitrogen and oxygen atoms in total. The second kappa shape index (κ2) is 8.10. The van der Waals surface area contributed by atoms with Gasteiger partial charge in [-0.25, -0.2) is 14.1 Å². The second-order valence-corrected chi connectivity index (χ2v) is 6.41. The normalized spacial score (nSPS) is 16.5. The molecule has 0 saturated carbocycles. The highest BCUT2D eigenvalue weighted by molar-refractivity contribution is 9.11. The molecule has 0 fully saturated rings. The highest BCUT2D eigenvalue weighted by Gasteiger charge is 2.23. The van der Waals surface area contributed by atoms with Gasteiger partial charge in [-0.3, -0.25) is 4.79 Å². The summed E-state index contributed by atoms with van der Waals surface area (Å²) in [6.45, 7) is 1.57. The molecule has 1 aromatic carbocycles. The largest absolute Gasteiger partial charge is 0.465 e. The van der Waals surface area contributed by atoms with Crippen LogP contribution in [0.3, 0.4) is 0 Å². The fourth-order valence-corrected chi connectivity index (χ4v) is 3.04. The number of carbonyl (C=O) groups is 2. The molecule has 2 rings (SSSR count). The number of amides is 2. The van der Waals surface area contributed by atoms with Crippen LogP contribution in [-0.4, -0.2) is 41.1 Å². The van der Waals surface area contributed by atoms with Crippen LogP contribution in [0.4, 0.5) is 14.9 Å². The number of halogens is 2. The Labute approximate surface area is 148 Å². The van der Waals surface area contributed by atoms with E-state index in [1.165, 1.54) is 19.1 Å². The third-order valence-electron chi connectivity index (χ3n) is 3.75. The first-order valence-electron chi connectivity index (χ1n) is 7.44. The molecular weight excluding hydrogens is 379 g/mol. The molecule has 1 aliphatic carbocycles. The Morgan fingerprint density at radius 2 is 1.96 bits per heavy atom. The van der Waals surface area contributed by atoms with E-state index in [-0.39, 0.29) is 18.4 Å². The number of hydrogen-bond acceptors (Lipinski definition) is 3. The third kappa shape index (κ3) is 4.67. The lowest BCUT2D eigenvalue weighted by molar-refractivity contribution is -0.126. The summed E-state index contributed by atoms with van der Waals surface area (Å²) in [6.07, 6.45) is 5.28. The van der Waals surface area contributed by atoms with E-state index >= 15 is 0 Å². The maximum atomic E-state index is 13.2. The van der Waals surface area contributed by atoms with Crippen LogP contribution in [0.15, 0.2) is 47.0 Å². The van der Waals surface area contributed by atoms with Crippen LogP contribution >= 0.6 is 15.9 Å². The maximum absolute atomic E-state index is 13.2. The van der Waals surface area contributed by atoms with E-state index in [1.54, 1.807) is 12.1 Å². The Morgan fingerprint density at radius 3 is 2.50 bits per heavy atom. The van der Waals surface area contributed by atoms with Crippen LogP contribution in [0.25, 0.3) is 0 Å². The van der Waals surface area contributed by atoms with Crippen LogP contribution < -0.4 is 4.90 Å². The van der Waals surface area contributed by atoms with Crippen molar-refractivity contribution in [2.24, 2.45) is 0 Å². The van der Waals surface area contributed by atoms with Crippen molar-refractivity contribution < 1.29 is 19.1 Å². The predicted octanol–water partition coefficient (Wildman–Crippen LogP) is 3.77. The first-order chi connectivity index (χ1) is 11.4. The number of imide groups is 1. The summed E-state index contributed by atoms with van der Waals surface area (Å²) in [5, 5.41) is 9.12. The zero-order chi connectivity index (χ0) is 17.7. The van der Waals surface area contributed by atoms with Gasteiger partial charge in [-0.1, -0.05) is 34.2 Å². The molecule has 7 heteroatoms. The summed E-state index contributed by atoms with van der Waals surface area (Å²) < 4.78 is 14.2. The molecule has 0 bridgehead atoms. The monoisotopic (exact) mass is 396 g/mol. The van der Waals surface area contributed by atoms with Crippen molar-refractivity contribution in [3.05, 3.63) is 52.8 Å². The number of hydrogen-bond donors (Lipinski definition) is 1. The fourth-order valence-electron chi connectivity index (χ4n) is 2.55. The summed E-state index contributed by atoms with van der Waals surface area (Å²) in [6, 6.07) is 6.00. The average Bonchev–Trinajstić information content (AvgIpc) is 2.52. The van der Waals surface area contributed by atoms with Crippen LogP contribution in [-0.2, 0) is 4.79 Å². The van der Waals surface area contributed by atoms with E-state index in [4.69, 9.17) is 5.11 Å². The molecule has 0 spiro atoms. The molecule has 0 radical (unpaired) electrons. The van der Waals surface area contributed by atoms with E-state index in [0.717, 1.165) is 15.1 Å². The van der Waals surface area contributed by atoms with Crippen LogP contribution in [0, 0.1) is 5.82 Å². The van der Waals surface area contributed by atoms with E-state index in [1.807, 2.05) is 23.1 Å². The van der Waals surface area contributed by atoms with Crippen molar-refractivity contribution in [2.75, 3.05) is 18.0 Å². The van der Waals surface area contributed by atoms with Gasteiger partial charge >= 0.3 is 6.09 Å². The second-order valence-electron chi connectivity index (χ2n) is 5.39. The van der Waals surface area contributed by atoms with Gasteiger partial charge in [0.15, 0.2) is 0 Å². The minimum Gasteiger partial charge on any atom is -0.465 e. The maximum Gasteiger partial charge on any atom is 0.414 e. The standard InChI is InChI=1S/C17H18BrFN2O3/c1-12(22)20(17(23)24)9-10-21(15-7-5-14(19)6-8-15)16-4-2-3-13(18)11-16/h2-8,16H,9-11H2,1H3,(H,23,24). The molecule has 128 valence electrons. The Hall–Kier alpha value is -2.15. The van der Waals surface area contributed by atoms with Crippen LogP contribution in [0.2, 0.25) is 0 Å². The quantitative estimate of drug-likeness (QED) is 0.822. The van der Waals surface area contributed by atoms with Crippen molar-refractivity contribution in [3.63, 3.8) is 0 Å². The van der Waals surface area contributed by atoms with Gasteiger partial charge in [0.1, 0.15) is 5.82 Å². The first kappa shape index (κ1) is 18.2.